The fourth-order valence-corrected chi connectivity index (χ4v) is 2.84. The molecule has 0 aliphatic carbocycles. The molecule has 4 nitrogen and oxygen atoms in total. The van der Waals surface area contributed by atoms with Crippen LogP contribution in [0.15, 0.2) is 18.2 Å². The maximum atomic E-state index is 6.12. The van der Waals surface area contributed by atoms with Gasteiger partial charge in [-0.3, -0.25) is 4.90 Å². The van der Waals surface area contributed by atoms with E-state index in [4.69, 9.17) is 15.2 Å². The minimum atomic E-state index is 0.0424. The predicted molar refractivity (Wildman–Crippen MR) is 92.7 cm³/mol. The molecule has 1 aromatic carbocycles. The second-order valence-corrected chi connectivity index (χ2v) is 6.46. The lowest BCUT2D eigenvalue weighted by Gasteiger charge is -2.41. The Morgan fingerprint density at radius 2 is 1.91 bits per heavy atom. The van der Waals surface area contributed by atoms with E-state index in [-0.39, 0.29) is 11.6 Å². The molecule has 0 bridgehead atoms. The zero-order valence-electron chi connectivity index (χ0n) is 15.0. The van der Waals surface area contributed by atoms with Gasteiger partial charge in [0.15, 0.2) is 0 Å². The second kappa shape index (κ2) is 8.39. The number of likely N-dealkylation sites (N-methyl/N-ethyl adjacent to an activating group) is 1. The number of benzene rings is 1. The highest BCUT2D eigenvalue weighted by Gasteiger charge is 2.29. The number of ether oxygens (including phenoxy) is 2. The average molecular weight is 308 g/mol. The van der Waals surface area contributed by atoms with Gasteiger partial charge in [-0.15, -0.1) is 0 Å². The topological polar surface area (TPSA) is 47.7 Å². The van der Waals surface area contributed by atoms with Crippen LogP contribution in [0.2, 0.25) is 0 Å². The molecule has 0 amide bonds. The summed E-state index contributed by atoms with van der Waals surface area (Å²) in [5.74, 6) is 1.68. The van der Waals surface area contributed by atoms with Crippen molar-refractivity contribution in [3.8, 4) is 11.5 Å². The molecule has 1 unspecified atom stereocenters. The van der Waals surface area contributed by atoms with Crippen molar-refractivity contribution in [2.75, 3.05) is 26.8 Å². The highest BCUT2D eigenvalue weighted by Crippen LogP contribution is 2.35. The van der Waals surface area contributed by atoms with Crippen molar-refractivity contribution < 1.29 is 9.47 Å². The molecule has 1 aromatic rings. The van der Waals surface area contributed by atoms with Gasteiger partial charge in [-0.25, -0.2) is 0 Å². The van der Waals surface area contributed by atoms with Crippen LogP contribution in [-0.2, 0) is 0 Å². The van der Waals surface area contributed by atoms with Gasteiger partial charge in [-0.1, -0.05) is 19.9 Å². The summed E-state index contributed by atoms with van der Waals surface area (Å²) in [7, 11) is 1.67. The summed E-state index contributed by atoms with van der Waals surface area (Å²) < 4.78 is 11.3. The van der Waals surface area contributed by atoms with E-state index in [0.29, 0.717) is 13.2 Å². The molecule has 0 spiro atoms. The van der Waals surface area contributed by atoms with Gasteiger partial charge in [-0.05, 0) is 39.8 Å². The van der Waals surface area contributed by atoms with Crippen LogP contribution in [0, 0.1) is 0 Å². The Kier molecular flexibility index (Phi) is 7.17. The predicted octanol–water partition coefficient (Wildman–Crippen LogP) is 3.60. The van der Waals surface area contributed by atoms with Crippen LogP contribution in [0.25, 0.3) is 0 Å². The summed E-state index contributed by atoms with van der Waals surface area (Å²) >= 11 is 0. The Hall–Kier alpha value is -1.26. The van der Waals surface area contributed by atoms with Crippen molar-refractivity contribution in [3.05, 3.63) is 23.8 Å². The fourth-order valence-electron chi connectivity index (χ4n) is 2.84. The Labute approximate surface area is 135 Å². The monoisotopic (exact) mass is 308 g/mol. The van der Waals surface area contributed by atoms with Gasteiger partial charge in [0.25, 0.3) is 0 Å². The van der Waals surface area contributed by atoms with Crippen LogP contribution in [0.1, 0.15) is 52.6 Å². The lowest BCUT2D eigenvalue weighted by molar-refractivity contribution is 0.0899. The van der Waals surface area contributed by atoms with Gasteiger partial charge in [0.2, 0.25) is 0 Å². The summed E-state index contributed by atoms with van der Waals surface area (Å²) in [6.45, 7) is 13.1. The van der Waals surface area contributed by atoms with E-state index in [2.05, 4.69) is 45.6 Å². The van der Waals surface area contributed by atoms with Crippen molar-refractivity contribution in [2.45, 2.75) is 52.6 Å². The van der Waals surface area contributed by atoms with Gasteiger partial charge in [-0.2, -0.15) is 0 Å². The lowest BCUT2D eigenvalue weighted by atomic mass is 9.97. The summed E-state index contributed by atoms with van der Waals surface area (Å²) in [5, 5.41) is 0. The van der Waals surface area contributed by atoms with E-state index in [1.165, 1.54) is 0 Å². The van der Waals surface area contributed by atoms with Gasteiger partial charge in [0, 0.05) is 23.7 Å². The van der Waals surface area contributed by atoms with Gasteiger partial charge >= 0.3 is 0 Å². The molecule has 2 N–H and O–H groups in total. The molecule has 1 rings (SSSR count). The highest BCUT2D eigenvalue weighted by molar-refractivity contribution is 5.43. The second-order valence-electron chi connectivity index (χ2n) is 6.46. The van der Waals surface area contributed by atoms with E-state index < -0.39 is 0 Å². The van der Waals surface area contributed by atoms with Crippen LogP contribution in [0.4, 0.5) is 0 Å². The summed E-state index contributed by atoms with van der Waals surface area (Å²) in [6.07, 6.45) is 0.973. The highest BCUT2D eigenvalue weighted by atomic mass is 16.5. The van der Waals surface area contributed by atoms with Gasteiger partial charge in [0.1, 0.15) is 11.5 Å². The van der Waals surface area contributed by atoms with E-state index >= 15 is 0 Å². The zero-order chi connectivity index (χ0) is 16.8. The third-order valence-corrected chi connectivity index (χ3v) is 3.84. The Bertz CT molecular complexity index is 455. The molecule has 22 heavy (non-hydrogen) atoms. The van der Waals surface area contributed by atoms with Crippen molar-refractivity contribution in [3.63, 3.8) is 0 Å². The Morgan fingerprint density at radius 1 is 1.23 bits per heavy atom. The maximum absolute atomic E-state index is 6.12. The van der Waals surface area contributed by atoms with Crippen LogP contribution in [0.5, 0.6) is 11.5 Å². The third-order valence-electron chi connectivity index (χ3n) is 3.84. The van der Waals surface area contributed by atoms with Crippen LogP contribution in [0.3, 0.4) is 0 Å². The first-order chi connectivity index (χ1) is 10.4. The number of rotatable bonds is 8. The molecule has 1 atom stereocenters. The van der Waals surface area contributed by atoms with Gasteiger partial charge in [0.05, 0.1) is 19.8 Å². The molecular weight excluding hydrogens is 276 g/mol. The lowest BCUT2D eigenvalue weighted by Crippen LogP contribution is -2.46. The maximum Gasteiger partial charge on any atom is 0.127 e. The molecule has 0 aliphatic heterocycles. The minimum Gasteiger partial charge on any atom is -0.497 e. The average Bonchev–Trinajstić information content (AvgIpc) is 2.49. The van der Waals surface area contributed by atoms with Crippen LogP contribution < -0.4 is 15.2 Å². The number of nitrogens with zero attached hydrogens (tertiary/aromatic N) is 1. The molecule has 0 heterocycles. The first-order valence-corrected chi connectivity index (χ1v) is 8.16. The molecule has 0 aromatic heterocycles. The fraction of sp³-hybridized carbons (Fsp3) is 0.667. The molecule has 0 fully saturated rings. The third kappa shape index (κ3) is 4.62. The van der Waals surface area contributed by atoms with Crippen molar-refractivity contribution in [1.82, 2.24) is 4.90 Å². The van der Waals surface area contributed by atoms with E-state index in [1.807, 2.05) is 12.1 Å². The smallest absolute Gasteiger partial charge is 0.127 e. The largest absolute Gasteiger partial charge is 0.497 e. The van der Waals surface area contributed by atoms with Crippen molar-refractivity contribution >= 4 is 0 Å². The van der Waals surface area contributed by atoms with Crippen molar-refractivity contribution in [2.24, 2.45) is 5.73 Å². The van der Waals surface area contributed by atoms with Crippen molar-refractivity contribution in [1.29, 1.82) is 0 Å². The van der Waals surface area contributed by atoms with E-state index in [1.54, 1.807) is 7.11 Å². The summed E-state index contributed by atoms with van der Waals surface area (Å²) in [5.41, 5.74) is 7.29. The first-order valence-electron chi connectivity index (χ1n) is 8.16. The molecule has 0 aliphatic rings. The number of methoxy groups -OCH3 is 1. The van der Waals surface area contributed by atoms with Crippen LogP contribution >= 0.6 is 0 Å². The summed E-state index contributed by atoms with van der Waals surface area (Å²) in [6, 6.07) is 6.15. The van der Waals surface area contributed by atoms with Gasteiger partial charge < -0.3 is 15.2 Å². The number of hydrogen-bond acceptors (Lipinski definition) is 4. The SMILES string of the molecule is CCCOc1cc(OC)ccc1C(CN)N(CC)C(C)(C)C. The molecule has 0 saturated carbocycles. The van der Waals surface area contributed by atoms with E-state index in [0.717, 1.165) is 30.0 Å². The molecule has 0 saturated heterocycles. The minimum absolute atomic E-state index is 0.0424. The number of hydrogen-bond donors (Lipinski definition) is 1. The molecule has 126 valence electrons. The van der Waals surface area contributed by atoms with E-state index in [9.17, 15) is 0 Å². The Morgan fingerprint density at radius 3 is 2.36 bits per heavy atom. The van der Waals surface area contributed by atoms with Crippen LogP contribution in [-0.4, -0.2) is 37.2 Å². The Balaban J connectivity index is 3.24. The summed E-state index contributed by atoms with van der Waals surface area (Å²) in [4.78, 5) is 2.41. The zero-order valence-corrected chi connectivity index (χ0v) is 15.0. The molecule has 0 radical (unpaired) electrons. The molecule has 4 heteroatoms. The quantitative estimate of drug-likeness (QED) is 0.797. The standard InChI is InChI=1S/C18H32N2O2/c1-7-11-22-17-12-14(21-6)9-10-15(17)16(13-19)20(8-2)18(3,4)5/h9-10,12,16H,7-8,11,13,19H2,1-6H3. The molecular formula is C18H32N2O2. The normalized spacial score (nSPS) is 13.3. The first kappa shape index (κ1) is 18.8. The number of nitrogens with two attached hydrogens (primary N) is 1.